The zero-order valence-corrected chi connectivity index (χ0v) is 17.0. The summed E-state index contributed by atoms with van der Waals surface area (Å²) < 4.78 is 10.7. The fourth-order valence-corrected chi connectivity index (χ4v) is 4.58. The van der Waals surface area contributed by atoms with E-state index in [1.807, 2.05) is 24.3 Å². The molecule has 4 rings (SSSR count). The van der Waals surface area contributed by atoms with Gasteiger partial charge in [0.25, 0.3) is 5.91 Å². The van der Waals surface area contributed by atoms with Gasteiger partial charge in [-0.2, -0.15) is 0 Å². The van der Waals surface area contributed by atoms with E-state index in [-0.39, 0.29) is 0 Å². The number of hydrogen-bond donors (Lipinski definition) is 1. The number of nitrogens with one attached hydrogen (secondary N) is 1. The van der Waals surface area contributed by atoms with Crippen molar-refractivity contribution in [2.75, 3.05) is 12.4 Å². The van der Waals surface area contributed by atoms with Crippen molar-refractivity contribution >= 4 is 28.9 Å². The molecular formula is C23H21NO4S. The molecule has 0 bridgehead atoms. The van der Waals surface area contributed by atoms with Crippen molar-refractivity contribution in [3.63, 3.8) is 0 Å². The Bertz CT molecular complexity index is 1070. The number of aryl methyl sites for hydroxylation is 2. The number of benzene rings is 2. The first-order valence-electron chi connectivity index (χ1n) is 9.42. The van der Waals surface area contributed by atoms with Crippen molar-refractivity contribution in [3.8, 4) is 16.2 Å². The first kappa shape index (κ1) is 19.2. The number of amides is 1. The van der Waals surface area contributed by atoms with Crippen molar-refractivity contribution in [1.29, 1.82) is 0 Å². The van der Waals surface area contributed by atoms with Gasteiger partial charge in [-0.25, -0.2) is 4.79 Å². The Kier molecular flexibility index (Phi) is 5.36. The lowest BCUT2D eigenvalue weighted by molar-refractivity contribution is -0.123. The lowest BCUT2D eigenvalue weighted by Gasteiger charge is -2.15. The maximum atomic E-state index is 12.6. The summed E-state index contributed by atoms with van der Waals surface area (Å²) in [5.74, 6) is -0.344. The highest BCUT2D eigenvalue weighted by molar-refractivity contribution is 7.17. The molecule has 0 saturated heterocycles. The second kappa shape index (κ2) is 8.09. The third-order valence-electron chi connectivity index (χ3n) is 4.95. The predicted molar refractivity (Wildman–Crippen MR) is 114 cm³/mol. The van der Waals surface area contributed by atoms with E-state index in [0.717, 1.165) is 23.3 Å². The van der Waals surface area contributed by atoms with Crippen LogP contribution in [0.5, 0.6) is 5.75 Å². The minimum atomic E-state index is -0.932. The quantitative estimate of drug-likeness (QED) is 0.623. The van der Waals surface area contributed by atoms with Gasteiger partial charge in [0.1, 0.15) is 10.6 Å². The summed E-state index contributed by atoms with van der Waals surface area (Å²) in [4.78, 5) is 26.7. The molecule has 0 saturated carbocycles. The van der Waals surface area contributed by atoms with Crippen LogP contribution < -0.4 is 10.1 Å². The Hall–Kier alpha value is -3.12. The SMILES string of the molecule is COc1ccccc1NC(=O)[C@@H](C)OC(=O)c1cc2c(s1)-c1ccccc1CC2. The van der Waals surface area contributed by atoms with Gasteiger partial charge in [0.05, 0.1) is 12.8 Å². The number of hydrogen-bond acceptors (Lipinski definition) is 5. The molecule has 6 heteroatoms. The van der Waals surface area contributed by atoms with Gasteiger partial charge in [-0.1, -0.05) is 36.4 Å². The van der Waals surface area contributed by atoms with Crippen LogP contribution in [-0.2, 0) is 22.4 Å². The minimum Gasteiger partial charge on any atom is -0.495 e. The van der Waals surface area contributed by atoms with Gasteiger partial charge >= 0.3 is 5.97 Å². The van der Waals surface area contributed by atoms with E-state index in [1.54, 1.807) is 25.1 Å². The first-order valence-corrected chi connectivity index (χ1v) is 10.2. The van der Waals surface area contributed by atoms with Gasteiger partial charge in [-0.15, -0.1) is 11.3 Å². The topological polar surface area (TPSA) is 64.6 Å². The monoisotopic (exact) mass is 407 g/mol. The predicted octanol–water partition coefficient (Wildman–Crippen LogP) is 4.71. The zero-order chi connectivity index (χ0) is 20.4. The fourth-order valence-electron chi connectivity index (χ4n) is 3.43. The number of para-hydroxylation sites is 2. The van der Waals surface area contributed by atoms with Crippen LogP contribution in [0.1, 0.15) is 27.7 Å². The molecule has 0 radical (unpaired) electrons. The second-order valence-corrected chi connectivity index (χ2v) is 7.91. The summed E-state index contributed by atoms with van der Waals surface area (Å²) in [6, 6.07) is 17.2. The average molecular weight is 407 g/mol. The lowest BCUT2D eigenvalue weighted by Crippen LogP contribution is -2.29. The number of esters is 1. The van der Waals surface area contributed by atoms with Gasteiger partial charge in [0.2, 0.25) is 0 Å². The molecule has 1 aromatic heterocycles. The molecule has 2 aromatic carbocycles. The summed E-state index contributed by atoms with van der Waals surface area (Å²) >= 11 is 1.42. The van der Waals surface area contributed by atoms with Crippen LogP contribution in [0.15, 0.2) is 54.6 Å². The number of thiophene rings is 1. The summed E-state index contributed by atoms with van der Waals surface area (Å²) in [6.07, 6.45) is 0.936. The van der Waals surface area contributed by atoms with Crippen LogP contribution in [0.2, 0.25) is 0 Å². The third-order valence-corrected chi connectivity index (χ3v) is 6.14. The van der Waals surface area contributed by atoms with Crippen LogP contribution in [0.3, 0.4) is 0 Å². The number of rotatable bonds is 5. The summed E-state index contributed by atoms with van der Waals surface area (Å²) in [5, 5.41) is 2.74. The second-order valence-electron chi connectivity index (χ2n) is 6.86. The van der Waals surface area contributed by atoms with E-state index in [9.17, 15) is 9.59 Å². The molecule has 1 atom stereocenters. The van der Waals surface area contributed by atoms with Crippen molar-refractivity contribution in [2.45, 2.75) is 25.9 Å². The normalized spacial score (nSPS) is 13.0. The van der Waals surface area contributed by atoms with Gasteiger partial charge in [0, 0.05) is 4.88 Å². The first-order chi connectivity index (χ1) is 14.1. The fraction of sp³-hybridized carbons (Fsp3) is 0.217. The maximum absolute atomic E-state index is 12.6. The molecular weight excluding hydrogens is 386 g/mol. The molecule has 1 N–H and O–H groups in total. The zero-order valence-electron chi connectivity index (χ0n) is 16.2. The number of anilines is 1. The number of carbonyl (C=O) groups excluding carboxylic acids is 2. The molecule has 0 spiro atoms. The van der Waals surface area contributed by atoms with Crippen LogP contribution >= 0.6 is 11.3 Å². The minimum absolute atomic E-state index is 0.408. The van der Waals surface area contributed by atoms with Crippen LogP contribution in [0, 0.1) is 0 Å². The Labute approximate surface area is 173 Å². The van der Waals surface area contributed by atoms with E-state index in [2.05, 4.69) is 17.4 Å². The highest BCUT2D eigenvalue weighted by Gasteiger charge is 2.25. The van der Waals surface area contributed by atoms with Crippen LogP contribution in [0.25, 0.3) is 10.4 Å². The van der Waals surface area contributed by atoms with E-state index in [4.69, 9.17) is 9.47 Å². The molecule has 29 heavy (non-hydrogen) atoms. The highest BCUT2D eigenvalue weighted by Crippen LogP contribution is 2.39. The molecule has 3 aromatic rings. The van der Waals surface area contributed by atoms with Crippen LogP contribution in [0.4, 0.5) is 5.69 Å². The number of ether oxygens (including phenoxy) is 2. The van der Waals surface area contributed by atoms with Gasteiger partial charge in [-0.05, 0) is 54.7 Å². The Morgan fingerprint density at radius 2 is 1.76 bits per heavy atom. The average Bonchev–Trinajstić information content (AvgIpc) is 3.19. The molecule has 0 aliphatic heterocycles. The maximum Gasteiger partial charge on any atom is 0.349 e. The van der Waals surface area contributed by atoms with Crippen molar-refractivity contribution in [1.82, 2.24) is 0 Å². The molecule has 148 valence electrons. The smallest absolute Gasteiger partial charge is 0.349 e. The van der Waals surface area contributed by atoms with Crippen LogP contribution in [-0.4, -0.2) is 25.1 Å². The lowest BCUT2D eigenvalue weighted by atomic mass is 9.91. The number of methoxy groups -OCH3 is 1. The Balaban J connectivity index is 1.46. The summed E-state index contributed by atoms with van der Waals surface area (Å²) in [7, 11) is 1.53. The standard InChI is InChI=1S/C23H21NO4S/c1-14(22(25)24-18-9-5-6-10-19(18)27-2)28-23(26)20-13-16-12-11-15-7-3-4-8-17(15)21(16)29-20/h3-10,13-14H,11-12H2,1-2H3,(H,24,25)/t14-/m1/s1. The molecule has 0 unspecified atom stereocenters. The highest BCUT2D eigenvalue weighted by atomic mass is 32.1. The molecule has 5 nitrogen and oxygen atoms in total. The Morgan fingerprint density at radius 1 is 1.03 bits per heavy atom. The van der Waals surface area contributed by atoms with Crippen molar-refractivity contribution in [2.24, 2.45) is 0 Å². The van der Waals surface area contributed by atoms with Gasteiger partial charge < -0.3 is 14.8 Å². The Morgan fingerprint density at radius 3 is 2.59 bits per heavy atom. The van der Waals surface area contributed by atoms with Gasteiger partial charge in [-0.3, -0.25) is 4.79 Å². The van der Waals surface area contributed by atoms with E-state index in [1.165, 1.54) is 29.6 Å². The van der Waals surface area contributed by atoms with Crippen molar-refractivity contribution in [3.05, 3.63) is 70.6 Å². The van der Waals surface area contributed by atoms with Crippen molar-refractivity contribution < 1.29 is 19.1 Å². The molecule has 1 amide bonds. The van der Waals surface area contributed by atoms with E-state index >= 15 is 0 Å². The summed E-state index contributed by atoms with van der Waals surface area (Å²) in [5.41, 5.74) is 4.17. The molecule has 1 heterocycles. The molecule has 1 aliphatic carbocycles. The summed E-state index contributed by atoms with van der Waals surface area (Å²) in [6.45, 7) is 1.56. The largest absolute Gasteiger partial charge is 0.495 e. The number of carbonyl (C=O) groups is 2. The number of fused-ring (bicyclic) bond motifs is 3. The van der Waals surface area contributed by atoms with E-state index in [0.29, 0.717) is 16.3 Å². The third kappa shape index (κ3) is 3.89. The van der Waals surface area contributed by atoms with Gasteiger partial charge in [0.15, 0.2) is 6.10 Å². The molecule has 0 fully saturated rings. The molecule has 1 aliphatic rings. The van der Waals surface area contributed by atoms with E-state index < -0.39 is 18.0 Å².